The van der Waals surface area contributed by atoms with Gasteiger partial charge in [0, 0.05) is 0 Å². The van der Waals surface area contributed by atoms with Crippen LogP contribution in [0, 0.1) is 0 Å². The fourth-order valence-corrected chi connectivity index (χ4v) is 7.39. The van der Waals surface area contributed by atoms with E-state index < -0.39 is 17.4 Å². The van der Waals surface area contributed by atoms with Crippen LogP contribution in [0.25, 0.3) is 6.08 Å². The molecule has 0 aromatic heterocycles. The molecule has 0 unspecified atom stereocenters. The van der Waals surface area contributed by atoms with Gasteiger partial charge in [-0.05, 0) is 48.0 Å². The maximum absolute atomic E-state index is 10.6. The molecule has 3 nitrogen and oxygen atoms in total. The minimum Gasteiger partial charge on any atom is -0.744 e. The first-order valence-electron chi connectivity index (χ1n) is 10.1. The van der Waals surface area contributed by atoms with Crippen LogP contribution in [0.2, 0.25) is 0 Å². The summed E-state index contributed by atoms with van der Waals surface area (Å²) >= 11 is 0. The zero-order chi connectivity index (χ0) is 23.0. The van der Waals surface area contributed by atoms with E-state index in [9.17, 15) is 13.0 Å². The molecule has 0 heterocycles. The third-order valence-corrected chi connectivity index (χ3v) is 10.1. The van der Waals surface area contributed by atoms with Crippen molar-refractivity contribution < 1.29 is 13.0 Å². The normalized spacial score (nSPS) is 11.2. The summed E-state index contributed by atoms with van der Waals surface area (Å²) in [5, 5.41) is 4.28. The van der Waals surface area contributed by atoms with Gasteiger partial charge in [0.1, 0.15) is 33.3 Å². The molecule has 0 spiro atoms. The zero-order valence-electron chi connectivity index (χ0n) is 17.8. The molecule has 0 saturated carbocycles. The Labute approximate surface area is 191 Å². The van der Waals surface area contributed by atoms with E-state index >= 15 is 0 Å². The van der Waals surface area contributed by atoms with Crippen LogP contribution in [-0.4, -0.2) is 19.6 Å². The molecule has 0 amide bonds. The summed E-state index contributed by atoms with van der Waals surface area (Å²) in [7, 11) is -5.89. The molecule has 0 N–H and O–H groups in total. The molecule has 0 aliphatic carbocycles. The van der Waals surface area contributed by atoms with E-state index in [0.717, 1.165) is 0 Å². The fourth-order valence-electron chi connectivity index (χ4n) is 3.50. The quantitative estimate of drug-likeness (QED) is 0.316. The van der Waals surface area contributed by atoms with Crippen molar-refractivity contribution in [2.75, 3.05) is 6.66 Å². The van der Waals surface area contributed by atoms with Gasteiger partial charge in [-0.25, -0.2) is 8.42 Å². The van der Waals surface area contributed by atoms with E-state index in [1.165, 1.54) is 40.2 Å². The second-order valence-corrected chi connectivity index (χ2v) is 12.1. The number of benzene rings is 4. The van der Waals surface area contributed by atoms with Gasteiger partial charge in [0.25, 0.3) is 0 Å². The smallest absolute Gasteiger partial charge is 0.125 e. The molecule has 4 aromatic carbocycles. The Hall–Kier alpha value is -3.04. The first-order chi connectivity index (χ1) is 15.4. The van der Waals surface area contributed by atoms with Gasteiger partial charge in [-0.1, -0.05) is 85.5 Å². The number of hydrogen-bond acceptors (Lipinski definition) is 3. The van der Waals surface area contributed by atoms with Crippen molar-refractivity contribution in [2.24, 2.45) is 0 Å². The predicted octanol–water partition coefficient (Wildman–Crippen LogP) is 4.84. The lowest BCUT2D eigenvalue weighted by Crippen LogP contribution is -2.30. The largest absolute Gasteiger partial charge is 0.744 e. The summed E-state index contributed by atoms with van der Waals surface area (Å²) in [6.45, 7) is 5.81. The first kappa shape index (κ1) is 23.6. The van der Waals surface area contributed by atoms with Crippen molar-refractivity contribution in [2.45, 2.75) is 4.90 Å². The lowest BCUT2D eigenvalue weighted by atomic mass is 10.2. The van der Waals surface area contributed by atoms with Gasteiger partial charge in [0.05, 0.1) is 11.6 Å². The number of rotatable bonds is 5. The molecular formula is C27H25O3PS. The van der Waals surface area contributed by atoms with Crippen molar-refractivity contribution in [3.05, 3.63) is 127 Å². The minimum atomic E-state index is -4.37. The third-order valence-electron chi connectivity index (χ3n) is 5.23. The molecular weight excluding hydrogens is 435 g/mol. The summed E-state index contributed by atoms with van der Waals surface area (Å²) in [6.07, 6.45) is 1.34. The van der Waals surface area contributed by atoms with Gasteiger partial charge in [0.2, 0.25) is 0 Å². The Balaban J connectivity index is 0.000000207. The van der Waals surface area contributed by atoms with E-state index in [1.54, 1.807) is 6.07 Å². The van der Waals surface area contributed by atoms with Crippen LogP contribution in [0.5, 0.6) is 0 Å². The predicted molar refractivity (Wildman–Crippen MR) is 136 cm³/mol. The Morgan fingerprint density at radius 3 is 1.31 bits per heavy atom. The molecule has 0 saturated heterocycles. The van der Waals surface area contributed by atoms with E-state index in [4.69, 9.17) is 0 Å². The summed E-state index contributed by atoms with van der Waals surface area (Å²) in [5.74, 6) is 0. The van der Waals surface area contributed by atoms with Crippen LogP contribution < -0.4 is 15.9 Å². The maximum Gasteiger partial charge on any atom is 0.125 e. The van der Waals surface area contributed by atoms with Gasteiger partial charge in [-0.2, -0.15) is 0 Å². The van der Waals surface area contributed by atoms with Crippen LogP contribution in [0.3, 0.4) is 0 Å². The number of hydrogen-bond donors (Lipinski definition) is 0. The Morgan fingerprint density at radius 2 is 1.00 bits per heavy atom. The molecule has 0 aliphatic heterocycles. The standard InChI is InChI=1S/C19H18P.C8H8O3S/c1-20(17-11-5-2-6-12-17,18-13-7-3-8-14-18)19-15-9-4-10-16-19;1-2-7-5-3-4-6-8(7)12(9,10)11/h2-16H,1H3;2-6H,1H2,(H,9,10,11)/q+1;/p-1. The highest BCUT2D eigenvalue weighted by Crippen LogP contribution is 2.51. The average molecular weight is 461 g/mol. The van der Waals surface area contributed by atoms with Gasteiger partial charge >= 0.3 is 0 Å². The van der Waals surface area contributed by atoms with Gasteiger partial charge < -0.3 is 4.55 Å². The van der Waals surface area contributed by atoms with Crippen molar-refractivity contribution >= 4 is 39.4 Å². The molecule has 4 rings (SSSR count). The lowest BCUT2D eigenvalue weighted by Gasteiger charge is -2.22. The van der Waals surface area contributed by atoms with E-state index in [-0.39, 0.29) is 4.90 Å². The van der Waals surface area contributed by atoms with Crippen LogP contribution in [-0.2, 0) is 10.1 Å². The first-order valence-corrected chi connectivity index (χ1v) is 13.7. The van der Waals surface area contributed by atoms with Crippen molar-refractivity contribution in [1.82, 2.24) is 0 Å². The molecule has 0 atom stereocenters. The van der Waals surface area contributed by atoms with Crippen LogP contribution in [0.4, 0.5) is 0 Å². The molecule has 0 aliphatic rings. The van der Waals surface area contributed by atoms with Crippen molar-refractivity contribution in [3.63, 3.8) is 0 Å². The summed E-state index contributed by atoms with van der Waals surface area (Å²) in [5.41, 5.74) is 0.340. The van der Waals surface area contributed by atoms with E-state index in [0.29, 0.717) is 5.56 Å². The van der Waals surface area contributed by atoms with Crippen molar-refractivity contribution in [3.8, 4) is 0 Å². The van der Waals surface area contributed by atoms with Crippen LogP contribution in [0.1, 0.15) is 5.56 Å². The van der Waals surface area contributed by atoms with Gasteiger partial charge in [-0.3, -0.25) is 0 Å². The Bertz CT molecular complexity index is 1160. The minimum absolute atomic E-state index is 0.222. The average Bonchev–Trinajstić information content (AvgIpc) is 2.85. The SMILES string of the molecule is C=Cc1ccccc1S(=O)(=O)[O-].C[P+](c1ccccc1)(c1ccccc1)c1ccccc1. The van der Waals surface area contributed by atoms with E-state index in [1.807, 2.05) is 0 Å². The lowest BCUT2D eigenvalue weighted by molar-refractivity contribution is 0.463. The second kappa shape index (κ2) is 10.5. The third kappa shape index (κ3) is 5.41. The van der Waals surface area contributed by atoms with E-state index in [2.05, 4.69) is 104 Å². The van der Waals surface area contributed by atoms with Crippen molar-refractivity contribution in [1.29, 1.82) is 0 Å². The second-order valence-electron chi connectivity index (χ2n) is 7.21. The topological polar surface area (TPSA) is 57.2 Å². The Morgan fingerprint density at radius 1 is 0.656 bits per heavy atom. The molecule has 5 heteroatoms. The molecule has 0 fully saturated rings. The highest BCUT2D eigenvalue weighted by Gasteiger charge is 2.39. The van der Waals surface area contributed by atoms with Crippen LogP contribution >= 0.6 is 7.26 Å². The Kier molecular flexibility index (Phi) is 7.76. The highest BCUT2D eigenvalue weighted by atomic mass is 32.2. The fraction of sp³-hybridized carbons (Fsp3) is 0.0370. The molecule has 0 bridgehead atoms. The molecule has 32 heavy (non-hydrogen) atoms. The molecule has 162 valence electrons. The van der Waals surface area contributed by atoms with Gasteiger partial charge in [0.15, 0.2) is 0 Å². The maximum atomic E-state index is 10.6. The zero-order valence-corrected chi connectivity index (χ0v) is 19.5. The summed E-state index contributed by atoms with van der Waals surface area (Å²) in [6, 6.07) is 38.6. The molecule has 0 radical (unpaired) electrons. The van der Waals surface area contributed by atoms with Crippen LogP contribution in [0.15, 0.2) is 127 Å². The summed E-state index contributed by atoms with van der Waals surface area (Å²) < 4.78 is 31.8. The summed E-state index contributed by atoms with van der Waals surface area (Å²) in [4.78, 5) is -0.222. The molecule has 4 aromatic rings. The monoisotopic (exact) mass is 460 g/mol. The highest BCUT2D eigenvalue weighted by molar-refractivity contribution is 7.95. The van der Waals surface area contributed by atoms with Gasteiger partial charge in [-0.15, -0.1) is 0 Å².